The number of aromatic nitrogens is 2. The van der Waals surface area contributed by atoms with Crippen molar-refractivity contribution in [3.8, 4) is 11.6 Å². The van der Waals surface area contributed by atoms with E-state index in [9.17, 15) is 26.3 Å². The van der Waals surface area contributed by atoms with Crippen LogP contribution in [0, 0.1) is 0 Å². The lowest BCUT2D eigenvalue weighted by molar-refractivity contribution is -0.274. The van der Waals surface area contributed by atoms with Crippen molar-refractivity contribution in [3.63, 3.8) is 0 Å². The van der Waals surface area contributed by atoms with E-state index in [1.54, 1.807) is 22.9 Å². The van der Waals surface area contributed by atoms with Crippen LogP contribution in [0.15, 0.2) is 54.9 Å². The fraction of sp³-hybridized carbons (Fsp3) is 0.250. The van der Waals surface area contributed by atoms with E-state index in [1.165, 1.54) is 24.3 Å². The van der Waals surface area contributed by atoms with E-state index >= 15 is 0 Å². The van der Waals surface area contributed by atoms with Crippen molar-refractivity contribution in [3.05, 3.63) is 76.7 Å². The summed E-state index contributed by atoms with van der Waals surface area (Å²) in [4.78, 5) is 3.86. The number of rotatable bonds is 6. The zero-order chi connectivity index (χ0) is 22.8. The first kappa shape index (κ1) is 23.0. The van der Waals surface area contributed by atoms with Crippen molar-refractivity contribution in [2.45, 2.75) is 32.0 Å². The maximum absolute atomic E-state index is 12.8. The molecule has 0 aliphatic rings. The Labute approximate surface area is 178 Å². The Morgan fingerprint density at radius 2 is 1.77 bits per heavy atom. The monoisotopic (exact) mass is 463 g/mol. The lowest BCUT2D eigenvalue weighted by atomic mass is 10.2. The van der Waals surface area contributed by atoms with Crippen molar-refractivity contribution in [1.29, 1.82) is 0 Å². The summed E-state index contributed by atoms with van der Waals surface area (Å²) in [6.07, 6.45) is -6.97. The number of benzene rings is 1. The Bertz CT molecular complexity index is 1030. The standard InChI is InChI=1S/C20H16ClF6N3O/c1-12(28-10-13-4-6-15(7-5-13)31-20(25,26)27)17-3-2-8-30(17)18-16(21)9-14(11-29-18)19(22,23)24/h2-9,11-12,28H,10H2,1H3. The molecule has 0 aliphatic heterocycles. The fourth-order valence-corrected chi connectivity index (χ4v) is 3.14. The van der Waals surface area contributed by atoms with Crippen LogP contribution < -0.4 is 10.1 Å². The first-order chi connectivity index (χ1) is 14.4. The van der Waals surface area contributed by atoms with Crippen molar-refractivity contribution in [2.24, 2.45) is 0 Å². The summed E-state index contributed by atoms with van der Waals surface area (Å²) < 4.78 is 80.6. The lowest BCUT2D eigenvalue weighted by Gasteiger charge is -2.18. The quantitative estimate of drug-likeness (QED) is 0.436. The molecule has 0 aliphatic carbocycles. The highest BCUT2D eigenvalue weighted by Crippen LogP contribution is 2.33. The number of halogens is 7. The molecule has 1 N–H and O–H groups in total. The number of ether oxygens (including phenoxy) is 1. The fourth-order valence-electron chi connectivity index (χ4n) is 2.89. The largest absolute Gasteiger partial charge is 0.573 e. The second-order valence-electron chi connectivity index (χ2n) is 6.62. The average Bonchev–Trinajstić information content (AvgIpc) is 3.15. The van der Waals surface area contributed by atoms with Gasteiger partial charge in [-0.25, -0.2) is 4.98 Å². The van der Waals surface area contributed by atoms with Crippen molar-refractivity contribution >= 4 is 11.6 Å². The molecule has 166 valence electrons. The molecule has 0 saturated heterocycles. The van der Waals surface area contributed by atoms with E-state index < -0.39 is 18.1 Å². The molecule has 11 heteroatoms. The molecule has 2 heterocycles. The van der Waals surface area contributed by atoms with Gasteiger partial charge in [0.15, 0.2) is 5.82 Å². The molecular formula is C20H16ClF6N3O. The highest BCUT2D eigenvalue weighted by molar-refractivity contribution is 6.32. The Morgan fingerprint density at radius 1 is 1.10 bits per heavy atom. The zero-order valence-electron chi connectivity index (χ0n) is 15.9. The van der Waals surface area contributed by atoms with Crippen LogP contribution in [-0.2, 0) is 12.7 Å². The molecular weight excluding hydrogens is 448 g/mol. The molecule has 2 aromatic heterocycles. The van der Waals surface area contributed by atoms with Gasteiger partial charge in [-0.15, -0.1) is 13.2 Å². The summed E-state index contributed by atoms with van der Waals surface area (Å²) in [5.41, 5.74) is 0.454. The Balaban J connectivity index is 1.71. The Morgan fingerprint density at radius 3 is 2.35 bits per heavy atom. The minimum Gasteiger partial charge on any atom is -0.406 e. The van der Waals surface area contributed by atoms with E-state index in [1.807, 2.05) is 6.92 Å². The van der Waals surface area contributed by atoms with Gasteiger partial charge in [-0.2, -0.15) is 13.2 Å². The summed E-state index contributed by atoms with van der Waals surface area (Å²) in [6, 6.07) is 9.41. The molecule has 0 saturated carbocycles. The second-order valence-corrected chi connectivity index (χ2v) is 7.03. The SMILES string of the molecule is CC(NCc1ccc(OC(F)(F)F)cc1)c1cccn1-c1ncc(C(F)(F)F)cc1Cl. The van der Waals surface area contributed by atoms with Gasteiger partial charge in [-0.3, -0.25) is 0 Å². The first-order valence-electron chi connectivity index (χ1n) is 8.92. The molecule has 1 atom stereocenters. The Kier molecular flexibility index (Phi) is 6.51. The molecule has 31 heavy (non-hydrogen) atoms. The van der Waals surface area contributed by atoms with Gasteiger partial charge >= 0.3 is 12.5 Å². The van der Waals surface area contributed by atoms with Gasteiger partial charge in [-0.05, 0) is 42.8 Å². The van der Waals surface area contributed by atoms with Gasteiger partial charge in [0.25, 0.3) is 0 Å². The molecule has 0 bridgehead atoms. The van der Waals surface area contributed by atoms with E-state index in [0.29, 0.717) is 24.0 Å². The third kappa shape index (κ3) is 5.92. The summed E-state index contributed by atoms with van der Waals surface area (Å²) in [5.74, 6) is -0.168. The van der Waals surface area contributed by atoms with Gasteiger partial charge in [0.05, 0.1) is 10.6 Å². The third-order valence-electron chi connectivity index (χ3n) is 4.37. The smallest absolute Gasteiger partial charge is 0.406 e. The number of nitrogens with zero attached hydrogens (tertiary/aromatic N) is 2. The van der Waals surface area contributed by atoms with Gasteiger partial charge in [0, 0.05) is 30.7 Å². The van der Waals surface area contributed by atoms with E-state index in [0.717, 1.165) is 6.07 Å². The molecule has 0 spiro atoms. The molecule has 0 fully saturated rings. The topological polar surface area (TPSA) is 39.1 Å². The summed E-state index contributed by atoms with van der Waals surface area (Å²) in [5, 5.41) is 3.05. The van der Waals surface area contributed by atoms with Crippen LogP contribution >= 0.6 is 11.6 Å². The molecule has 1 aromatic carbocycles. The lowest BCUT2D eigenvalue weighted by Crippen LogP contribution is -2.21. The number of nitrogens with one attached hydrogen (secondary N) is 1. The molecule has 0 radical (unpaired) electrons. The second kappa shape index (κ2) is 8.80. The average molecular weight is 464 g/mol. The minimum atomic E-state index is -4.76. The highest BCUT2D eigenvalue weighted by Gasteiger charge is 2.32. The van der Waals surface area contributed by atoms with Crippen LogP contribution in [0.4, 0.5) is 26.3 Å². The maximum Gasteiger partial charge on any atom is 0.573 e. The number of pyridine rings is 1. The van der Waals surface area contributed by atoms with Crippen LogP contribution in [0.3, 0.4) is 0 Å². The normalized spacial score (nSPS) is 13.3. The minimum absolute atomic E-state index is 0.150. The highest BCUT2D eigenvalue weighted by atomic mass is 35.5. The Hall–Kier alpha value is -2.72. The molecule has 4 nitrogen and oxygen atoms in total. The van der Waals surface area contributed by atoms with Crippen LogP contribution in [0.1, 0.15) is 29.8 Å². The molecule has 0 amide bonds. The molecule has 3 rings (SSSR count). The van der Waals surface area contributed by atoms with Crippen molar-refractivity contribution in [2.75, 3.05) is 0 Å². The van der Waals surface area contributed by atoms with Crippen LogP contribution in [0.5, 0.6) is 5.75 Å². The van der Waals surface area contributed by atoms with Gasteiger partial charge in [0.1, 0.15) is 5.75 Å². The summed E-state index contributed by atoms with van der Waals surface area (Å²) in [6.45, 7) is 2.15. The van der Waals surface area contributed by atoms with Gasteiger partial charge in [0.2, 0.25) is 0 Å². The number of hydrogen-bond acceptors (Lipinski definition) is 3. The van der Waals surface area contributed by atoms with E-state index in [-0.39, 0.29) is 22.6 Å². The maximum atomic E-state index is 12.8. The summed E-state index contributed by atoms with van der Waals surface area (Å²) >= 11 is 6.04. The van der Waals surface area contributed by atoms with E-state index in [4.69, 9.17) is 11.6 Å². The van der Waals surface area contributed by atoms with Crippen LogP contribution in [0.25, 0.3) is 5.82 Å². The van der Waals surface area contributed by atoms with Crippen LogP contribution in [-0.4, -0.2) is 15.9 Å². The van der Waals surface area contributed by atoms with E-state index in [2.05, 4.69) is 15.0 Å². The van der Waals surface area contributed by atoms with Crippen molar-refractivity contribution < 1.29 is 31.1 Å². The molecule has 1 unspecified atom stereocenters. The third-order valence-corrected chi connectivity index (χ3v) is 4.65. The van der Waals surface area contributed by atoms with Gasteiger partial charge < -0.3 is 14.6 Å². The van der Waals surface area contributed by atoms with Crippen LogP contribution in [0.2, 0.25) is 5.02 Å². The van der Waals surface area contributed by atoms with Crippen molar-refractivity contribution in [1.82, 2.24) is 14.9 Å². The summed E-state index contributed by atoms with van der Waals surface area (Å²) in [7, 11) is 0. The van der Waals surface area contributed by atoms with Gasteiger partial charge in [-0.1, -0.05) is 23.7 Å². The predicted molar refractivity (Wildman–Crippen MR) is 102 cm³/mol. The first-order valence-corrected chi connectivity index (χ1v) is 9.30. The number of alkyl halides is 6. The predicted octanol–water partition coefficient (Wildman–Crippen LogP) is 6.29. The number of hydrogen-bond donors (Lipinski definition) is 1. The molecule has 3 aromatic rings. The zero-order valence-corrected chi connectivity index (χ0v) is 16.7.